The first-order valence-electron chi connectivity index (χ1n) is 7.35. The average molecular weight is 252 g/mol. The molecule has 1 heterocycles. The quantitative estimate of drug-likeness (QED) is 0.709. The molecule has 1 unspecified atom stereocenters. The molecule has 1 aliphatic rings. The highest BCUT2D eigenvalue weighted by atomic mass is 16.3. The van der Waals surface area contributed by atoms with E-state index in [0.717, 1.165) is 25.8 Å². The molecule has 104 valence electrons. The highest BCUT2D eigenvalue weighted by Crippen LogP contribution is 2.23. The number of nitrogens with zero attached hydrogens (tertiary/aromatic N) is 2. The van der Waals surface area contributed by atoms with Crippen LogP contribution in [-0.2, 0) is 0 Å². The van der Waals surface area contributed by atoms with Crippen molar-refractivity contribution in [1.82, 2.24) is 4.90 Å². The lowest BCUT2D eigenvalue weighted by Gasteiger charge is -2.35. The van der Waals surface area contributed by atoms with E-state index in [2.05, 4.69) is 11.0 Å². The molecule has 1 saturated heterocycles. The molecule has 1 fully saturated rings. The fourth-order valence-electron chi connectivity index (χ4n) is 2.77. The minimum absolute atomic E-state index is 0.174. The summed E-state index contributed by atoms with van der Waals surface area (Å²) < 4.78 is 0. The molecule has 1 N–H and O–H groups in total. The van der Waals surface area contributed by atoms with Gasteiger partial charge in [-0.3, -0.25) is 0 Å². The second-order valence-electron chi connectivity index (χ2n) is 6.15. The van der Waals surface area contributed by atoms with Crippen molar-refractivity contribution in [2.75, 3.05) is 19.7 Å². The van der Waals surface area contributed by atoms with Crippen LogP contribution < -0.4 is 0 Å². The van der Waals surface area contributed by atoms with Crippen LogP contribution in [0.1, 0.15) is 58.8 Å². The zero-order valence-electron chi connectivity index (χ0n) is 12.0. The van der Waals surface area contributed by atoms with Crippen LogP contribution in [0.2, 0.25) is 0 Å². The van der Waals surface area contributed by atoms with E-state index in [-0.39, 0.29) is 5.41 Å². The van der Waals surface area contributed by atoms with Gasteiger partial charge in [0.25, 0.3) is 0 Å². The average Bonchev–Trinajstić information content (AvgIpc) is 2.37. The lowest BCUT2D eigenvalue weighted by Crippen LogP contribution is -2.40. The molecule has 0 aromatic carbocycles. The van der Waals surface area contributed by atoms with Crippen molar-refractivity contribution in [3.05, 3.63) is 0 Å². The Morgan fingerprint density at radius 1 is 1.33 bits per heavy atom. The maximum absolute atomic E-state index is 9.08. The maximum Gasteiger partial charge on any atom is 0.0683 e. The summed E-state index contributed by atoms with van der Waals surface area (Å²) in [5.41, 5.74) is -0.174. The first kappa shape index (κ1) is 15.5. The normalized spacial score (nSPS) is 21.8. The molecule has 1 rings (SSSR count). The highest BCUT2D eigenvalue weighted by molar-refractivity contribution is 4.91. The van der Waals surface area contributed by atoms with Gasteiger partial charge in [0.05, 0.1) is 11.5 Å². The fraction of sp³-hybridized carbons (Fsp3) is 0.933. The lowest BCUT2D eigenvalue weighted by atomic mass is 9.89. The maximum atomic E-state index is 9.08. The van der Waals surface area contributed by atoms with E-state index in [9.17, 15) is 0 Å². The van der Waals surface area contributed by atoms with Crippen molar-refractivity contribution < 1.29 is 5.11 Å². The van der Waals surface area contributed by atoms with Crippen LogP contribution in [0.4, 0.5) is 0 Å². The van der Waals surface area contributed by atoms with Crippen molar-refractivity contribution in [2.24, 2.45) is 5.41 Å². The predicted octanol–water partition coefficient (Wildman–Crippen LogP) is 2.94. The third-order valence-corrected chi connectivity index (χ3v) is 4.01. The summed E-state index contributed by atoms with van der Waals surface area (Å²) >= 11 is 0. The molecule has 0 bridgehead atoms. The first-order chi connectivity index (χ1) is 8.59. The monoisotopic (exact) mass is 252 g/mol. The van der Waals surface area contributed by atoms with Gasteiger partial charge in [-0.2, -0.15) is 5.26 Å². The Kier molecular flexibility index (Phi) is 6.67. The second-order valence-corrected chi connectivity index (χ2v) is 6.15. The number of hydrogen-bond donors (Lipinski definition) is 1. The topological polar surface area (TPSA) is 47.3 Å². The minimum Gasteiger partial charge on any atom is -0.396 e. The van der Waals surface area contributed by atoms with E-state index in [1.165, 1.54) is 32.2 Å². The third kappa shape index (κ3) is 5.37. The van der Waals surface area contributed by atoms with E-state index in [1.807, 2.05) is 13.8 Å². The zero-order chi connectivity index (χ0) is 13.4. The predicted molar refractivity (Wildman–Crippen MR) is 74.2 cm³/mol. The number of likely N-dealkylation sites (tertiary alicyclic amines) is 1. The van der Waals surface area contributed by atoms with Crippen LogP contribution in [0, 0.1) is 16.7 Å². The Morgan fingerprint density at radius 3 is 2.78 bits per heavy atom. The molecule has 18 heavy (non-hydrogen) atoms. The van der Waals surface area contributed by atoms with Gasteiger partial charge in [0.2, 0.25) is 0 Å². The Bertz CT molecular complexity index is 268. The first-order valence-corrected chi connectivity index (χ1v) is 7.35. The number of unbranched alkanes of at least 4 members (excludes halogenated alkanes) is 1. The number of nitriles is 1. The van der Waals surface area contributed by atoms with Gasteiger partial charge < -0.3 is 10.0 Å². The van der Waals surface area contributed by atoms with Gasteiger partial charge in [0.15, 0.2) is 0 Å². The van der Waals surface area contributed by atoms with E-state index in [0.29, 0.717) is 12.6 Å². The summed E-state index contributed by atoms with van der Waals surface area (Å²) in [6.07, 6.45) is 8.06. The van der Waals surface area contributed by atoms with Crippen molar-refractivity contribution in [1.29, 1.82) is 5.26 Å². The van der Waals surface area contributed by atoms with E-state index < -0.39 is 0 Å². The molecular formula is C15H28N2O. The molecule has 0 aromatic rings. The molecule has 0 amide bonds. The molecule has 3 nitrogen and oxygen atoms in total. The lowest BCUT2D eigenvalue weighted by molar-refractivity contribution is 0.116. The van der Waals surface area contributed by atoms with Gasteiger partial charge >= 0.3 is 0 Å². The Balaban J connectivity index is 2.22. The van der Waals surface area contributed by atoms with Gasteiger partial charge in [-0.05, 0) is 59.0 Å². The SMILES string of the molecule is CC(C)(C#N)CCCCN1CCCCC1CCO. The van der Waals surface area contributed by atoms with Crippen molar-refractivity contribution >= 4 is 0 Å². The Labute approximate surface area is 112 Å². The third-order valence-electron chi connectivity index (χ3n) is 4.01. The highest BCUT2D eigenvalue weighted by Gasteiger charge is 2.21. The van der Waals surface area contributed by atoms with Gasteiger partial charge in [0.1, 0.15) is 0 Å². The number of piperidine rings is 1. The molecule has 0 radical (unpaired) electrons. The minimum atomic E-state index is -0.174. The fourth-order valence-corrected chi connectivity index (χ4v) is 2.77. The molecule has 3 heteroatoms. The van der Waals surface area contributed by atoms with Crippen molar-refractivity contribution in [3.8, 4) is 6.07 Å². The number of rotatable bonds is 7. The van der Waals surface area contributed by atoms with Crippen LogP contribution in [0.15, 0.2) is 0 Å². The van der Waals surface area contributed by atoms with Crippen molar-refractivity contribution in [2.45, 2.75) is 64.8 Å². The Morgan fingerprint density at radius 2 is 2.11 bits per heavy atom. The summed E-state index contributed by atoms with van der Waals surface area (Å²) in [4.78, 5) is 2.54. The number of aliphatic hydroxyl groups excluding tert-OH is 1. The standard InChI is InChI=1S/C15H28N2O/c1-15(2,13-16)9-4-6-11-17-10-5-3-7-14(17)8-12-18/h14,18H,3-12H2,1-2H3. The molecule has 0 aliphatic carbocycles. The summed E-state index contributed by atoms with van der Waals surface area (Å²) in [5, 5.41) is 18.0. The van der Waals surface area contributed by atoms with E-state index >= 15 is 0 Å². The summed E-state index contributed by atoms with van der Waals surface area (Å²) in [6, 6.07) is 2.95. The van der Waals surface area contributed by atoms with Gasteiger partial charge in [-0.1, -0.05) is 12.8 Å². The summed E-state index contributed by atoms with van der Waals surface area (Å²) in [5.74, 6) is 0. The number of hydrogen-bond acceptors (Lipinski definition) is 3. The van der Waals surface area contributed by atoms with Crippen molar-refractivity contribution in [3.63, 3.8) is 0 Å². The molecule has 1 aliphatic heterocycles. The van der Waals surface area contributed by atoms with Gasteiger partial charge in [0, 0.05) is 12.6 Å². The summed E-state index contributed by atoms with van der Waals surface area (Å²) in [6.45, 7) is 6.66. The summed E-state index contributed by atoms with van der Waals surface area (Å²) in [7, 11) is 0. The molecular weight excluding hydrogens is 224 g/mol. The van der Waals surface area contributed by atoms with E-state index in [4.69, 9.17) is 10.4 Å². The van der Waals surface area contributed by atoms with Crippen LogP contribution in [-0.4, -0.2) is 35.7 Å². The zero-order valence-corrected chi connectivity index (χ0v) is 12.0. The molecule has 0 saturated carbocycles. The van der Waals surface area contributed by atoms with Gasteiger partial charge in [-0.25, -0.2) is 0 Å². The number of aliphatic hydroxyl groups is 1. The van der Waals surface area contributed by atoms with E-state index in [1.54, 1.807) is 0 Å². The van der Waals surface area contributed by atoms with Crippen LogP contribution in [0.3, 0.4) is 0 Å². The largest absolute Gasteiger partial charge is 0.396 e. The van der Waals surface area contributed by atoms with Crippen LogP contribution >= 0.6 is 0 Å². The van der Waals surface area contributed by atoms with Crippen LogP contribution in [0.5, 0.6) is 0 Å². The smallest absolute Gasteiger partial charge is 0.0683 e. The van der Waals surface area contributed by atoms with Gasteiger partial charge in [-0.15, -0.1) is 0 Å². The second kappa shape index (κ2) is 7.76. The Hall–Kier alpha value is -0.590. The molecule has 1 atom stereocenters. The molecule has 0 aromatic heterocycles. The van der Waals surface area contributed by atoms with Crippen LogP contribution in [0.25, 0.3) is 0 Å². The molecule has 0 spiro atoms.